The molecule has 2 saturated heterocycles. The monoisotopic (exact) mass is 672 g/mol. The summed E-state index contributed by atoms with van der Waals surface area (Å²) in [5, 5.41) is 4.93. The smallest absolute Gasteiger partial charge is 0.407 e. The molecule has 0 radical (unpaired) electrons. The molecule has 10 heteroatoms. The van der Waals surface area contributed by atoms with E-state index in [4.69, 9.17) is 19.4 Å². The molecule has 3 fully saturated rings. The van der Waals surface area contributed by atoms with Crippen molar-refractivity contribution in [2.45, 2.75) is 82.8 Å². The average molecular weight is 673 g/mol. The normalized spacial score (nSPS) is 23.3. The van der Waals surface area contributed by atoms with Crippen LogP contribution in [0.4, 0.5) is 4.79 Å². The van der Waals surface area contributed by atoms with Crippen molar-refractivity contribution in [3.05, 3.63) is 71.3 Å². The van der Waals surface area contributed by atoms with Gasteiger partial charge in [-0.05, 0) is 105 Å². The third-order valence-corrected chi connectivity index (χ3v) is 11.1. The largest absolute Gasteiger partial charge is 0.453 e. The minimum absolute atomic E-state index is 0.00696. The Hall–Kier alpha value is -4.88. The van der Waals surface area contributed by atoms with Crippen LogP contribution in [0.2, 0.25) is 0 Å². The number of imidazole rings is 2. The maximum Gasteiger partial charge on any atom is 0.407 e. The lowest BCUT2D eigenvalue weighted by Crippen LogP contribution is -2.54. The maximum atomic E-state index is 14.2. The van der Waals surface area contributed by atoms with E-state index in [9.17, 15) is 9.59 Å². The highest BCUT2D eigenvalue weighted by atomic mass is 16.5. The van der Waals surface area contributed by atoms with Gasteiger partial charge in [-0.2, -0.15) is 0 Å². The summed E-state index contributed by atoms with van der Waals surface area (Å²) in [6.07, 6.45) is 6.12. The first kappa shape index (κ1) is 32.3. The standard InChI is InChI=1S/C40H44N6O4/c1-23-4-10-29(20-23)37-41-31-13-9-26(22-33(31)43-37)7-6-25-8-12-30-28(21-25)11-14-32-36(30)44-38(42-32)34-15-5-24(2)46(34)39(47)35(45-40(48)49-3)27-16-18-50-19-17-27/h8-9,11-14,21-24,27,29,34-35H,4-5,10,15-20H2,1-3H3,(H,41,43)(H,42,44)(H,45,48)/t23-,24-,29+,34-,35-/m0/s1. The van der Waals surface area contributed by atoms with E-state index < -0.39 is 12.1 Å². The molecule has 3 aromatic carbocycles. The van der Waals surface area contributed by atoms with Gasteiger partial charge >= 0.3 is 6.09 Å². The number of rotatable bonds is 5. The van der Waals surface area contributed by atoms with E-state index in [-0.39, 0.29) is 23.9 Å². The van der Waals surface area contributed by atoms with Gasteiger partial charge in [-0.25, -0.2) is 14.8 Å². The molecular formula is C40H44N6O4. The molecule has 2 aliphatic heterocycles. The highest BCUT2D eigenvalue weighted by Gasteiger charge is 2.43. The molecule has 3 aliphatic rings. The van der Waals surface area contributed by atoms with Crippen LogP contribution in [0.5, 0.6) is 0 Å². The van der Waals surface area contributed by atoms with Gasteiger partial charge in [0.1, 0.15) is 17.7 Å². The number of aromatic nitrogens is 4. The summed E-state index contributed by atoms with van der Waals surface area (Å²) in [5.41, 5.74) is 5.70. The van der Waals surface area contributed by atoms with Gasteiger partial charge in [0.05, 0.1) is 35.2 Å². The molecule has 0 spiro atoms. The number of ether oxygens (including phenoxy) is 2. The van der Waals surface area contributed by atoms with Crippen molar-refractivity contribution >= 4 is 44.8 Å². The van der Waals surface area contributed by atoms with Crippen LogP contribution in [0.1, 0.15) is 93.5 Å². The first-order valence-electron chi connectivity index (χ1n) is 18.0. The molecule has 4 heterocycles. The van der Waals surface area contributed by atoms with Crippen LogP contribution in [0.25, 0.3) is 32.8 Å². The van der Waals surface area contributed by atoms with Gasteiger partial charge in [0, 0.05) is 41.7 Å². The lowest BCUT2D eigenvalue weighted by molar-refractivity contribution is -0.138. The molecule has 1 aliphatic carbocycles. The van der Waals surface area contributed by atoms with Crippen molar-refractivity contribution in [3.8, 4) is 11.8 Å². The van der Waals surface area contributed by atoms with Crippen LogP contribution >= 0.6 is 0 Å². The van der Waals surface area contributed by atoms with Crippen molar-refractivity contribution in [1.29, 1.82) is 0 Å². The number of amides is 2. The molecule has 5 aromatic rings. The molecule has 0 unspecified atom stereocenters. The lowest BCUT2D eigenvalue weighted by Gasteiger charge is -2.36. The molecule has 258 valence electrons. The van der Waals surface area contributed by atoms with Crippen molar-refractivity contribution in [3.63, 3.8) is 0 Å². The summed E-state index contributed by atoms with van der Waals surface area (Å²) in [6.45, 7) is 5.53. The quantitative estimate of drug-likeness (QED) is 0.171. The Labute approximate surface area is 291 Å². The Bertz CT molecular complexity index is 2140. The predicted octanol–water partition coefficient (Wildman–Crippen LogP) is 7.10. The number of fused-ring (bicyclic) bond motifs is 4. The van der Waals surface area contributed by atoms with Crippen molar-refractivity contribution in [2.24, 2.45) is 11.8 Å². The predicted molar refractivity (Wildman–Crippen MR) is 193 cm³/mol. The van der Waals surface area contributed by atoms with Crippen molar-refractivity contribution < 1.29 is 19.1 Å². The van der Waals surface area contributed by atoms with Gasteiger partial charge in [-0.1, -0.05) is 30.9 Å². The Balaban J connectivity index is 1.04. The van der Waals surface area contributed by atoms with E-state index >= 15 is 0 Å². The molecule has 2 amide bonds. The van der Waals surface area contributed by atoms with E-state index in [1.165, 1.54) is 26.4 Å². The van der Waals surface area contributed by atoms with Crippen LogP contribution in [0.3, 0.4) is 0 Å². The fourth-order valence-electron chi connectivity index (χ4n) is 8.36. The molecule has 0 bridgehead atoms. The van der Waals surface area contributed by atoms with Crippen molar-refractivity contribution in [2.75, 3.05) is 20.3 Å². The molecule has 2 aromatic heterocycles. The Morgan fingerprint density at radius 3 is 2.46 bits per heavy atom. The molecule has 50 heavy (non-hydrogen) atoms. The van der Waals surface area contributed by atoms with Crippen LogP contribution in [0, 0.1) is 23.7 Å². The second kappa shape index (κ2) is 13.4. The highest BCUT2D eigenvalue weighted by molar-refractivity contribution is 6.04. The fraction of sp³-hybridized carbons (Fsp3) is 0.450. The second-order valence-corrected chi connectivity index (χ2v) is 14.5. The van der Waals surface area contributed by atoms with E-state index in [0.29, 0.717) is 32.0 Å². The van der Waals surface area contributed by atoms with E-state index in [2.05, 4.69) is 77.4 Å². The third kappa shape index (κ3) is 6.20. The number of H-pyrrole nitrogens is 2. The zero-order valence-corrected chi connectivity index (χ0v) is 28.9. The maximum absolute atomic E-state index is 14.2. The van der Waals surface area contributed by atoms with E-state index in [1.807, 2.05) is 17.0 Å². The van der Waals surface area contributed by atoms with Gasteiger partial charge in [-0.15, -0.1) is 0 Å². The Morgan fingerprint density at radius 1 is 0.900 bits per heavy atom. The number of likely N-dealkylation sites (tertiary alicyclic amines) is 1. The highest BCUT2D eigenvalue weighted by Crippen LogP contribution is 2.39. The van der Waals surface area contributed by atoms with Crippen LogP contribution in [0.15, 0.2) is 48.5 Å². The SMILES string of the molecule is COC(=O)N[C@H](C(=O)N1[C@@H](C)CC[C@H]1c1nc2c(ccc3cc(C#Cc4ccc5nc([C@@H]6CC[C@H](C)C6)[nH]c5c4)ccc32)[nH]1)C1CCOCC1. The van der Waals surface area contributed by atoms with E-state index in [1.54, 1.807) is 0 Å². The number of nitrogens with zero attached hydrogens (tertiary/aromatic N) is 3. The summed E-state index contributed by atoms with van der Waals surface area (Å²) in [4.78, 5) is 45.5. The minimum Gasteiger partial charge on any atom is -0.453 e. The summed E-state index contributed by atoms with van der Waals surface area (Å²) >= 11 is 0. The number of carbonyl (C=O) groups is 2. The summed E-state index contributed by atoms with van der Waals surface area (Å²) < 4.78 is 10.4. The Morgan fingerprint density at radius 2 is 1.68 bits per heavy atom. The Kier molecular flexibility index (Phi) is 8.69. The van der Waals surface area contributed by atoms with Gasteiger partial charge in [-0.3, -0.25) is 4.79 Å². The van der Waals surface area contributed by atoms with Gasteiger partial charge < -0.3 is 29.7 Å². The van der Waals surface area contributed by atoms with Gasteiger partial charge in [0.15, 0.2) is 0 Å². The number of aromatic amines is 2. The lowest BCUT2D eigenvalue weighted by atomic mass is 9.90. The summed E-state index contributed by atoms with van der Waals surface area (Å²) in [7, 11) is 1.32. The second-order valence-electron chi connectivity index (χ2n) is 14.5. The zero-order chi connectivity index (χ0) is 34.4. The summed E-state index contributed by atoms with van der Waals surface area (Å²) in [6, 6.07) is 15.7. The van der Waals surface area contributed by atoms with Crippen LogP contribution in [-0.2, 0) is 14.3 Å². The summed E-state index contributed by atoms with van der Waals surface area (Å²) in [5.74, 6) is 9.75. The zero-order valence-electron chi connectivity index (χ0n) is 28.9. The molecular weight excluding hydrogens is 628 g/mol. The first-order valence-corrected chi connectivity index (χ1v) is 18.0. The number of benzene rings is 3. The number of hydrogen-bond acceptors (Lipinski definition) is 6. The molecule has 10 nitrogen and oxygen atoms in total. The van der Waals surface area contributed by atoms with Gasteiger partial charge in [0.2, 0.25) is 5.91 Å². The number of alkyl carbamates (subject to hydrolysis) is 1. The third-order valence-electron chi connectivity index (χ3n) is 11.1. The number of hydrogen-bond donors (Lipinski definition) is 3. The number of nitrogens with one attached hydrogen (secondary N) is 3. The molecule has 8 rings (SSSR count). The van der Waals surface area contributed by atoms with Crippen molar-refractivity contribution in [1.82, 2.24) is 30.2 Å². The number of methoxy groups -OCH3 is 1. The first-order chi connectivity index (χ1) is 24.3. The molecule has 5 atom stereocenters. The average Bonchev–Trinajstić information content (AvgIpc) is 3.94. The molecule has 3 N–H and O–H groups in total. The molecule has 1 saturated carbocycles. The minimum atomic E-state index is -0.682. The van der Waals surface area contributed by atoms with Crippen LogP contribution < -0.4 is 5.32 Å². The van der Waals surface area contributed by atoms with Crippen LogP contribution in [-0.4, -0.2) is 69.2 Å². The van der Waals surface area contributed by atoms with E-state index in [0.717, 1.165) is 74.4 Å². The number of carbonyl (C=O) groups excluding carboxylic acids is 2. The van der Waals surface area contributed by atoms with Gasteiger partial charge in [0.25, 0.3) is 0 Å². The fourth-order valence-corrected chi connectivity index (χ4v) is 8.36. The topological polar surface area (TPSA) is 125 Å².